The minimum absolute atomic E-state index is 0.287. The van der Waals surface area contributed by atoms with Crippen LogP contribution in [0, 0.1) is 5.92 Å². The van der Waals surface area contributed by atoms with Gasteiger partial charge in [0.15, 0.2) is 5.60 Å². The Kier molecular flexibility index (Phi) is 8.41. The quantitative estimate of drug-likeness (QED) is 0.400. The number of methoxy groups -OCH3 is 3. The summed E-state index contributed by atoms with van der Waals surface area (Å²) < 4.78 is 27.1. The highest BCUT2D eigenvalue weighted by atomic mass is 16.5. The number of aliphatic hydroxyl groups excluding tert-OH is 1. The third kappa shape index (κ3) is 4.88. The fourth-order valence-corrected chi connectivity index (χ4v) is 5.19. The number of ether oxygens (including phenoxy) is 5. The first-order valence-electron chi connectivity index (χ1n) is 12.2. The molecule has 0 bridgehead atoms. The van der Waals surface area contributed by atoms with Gasteiger partial charge in [0.25, 0.3) is 0 Å². The highest BCUT2D eigenvalue weighted by Crippen LogP contribution is 2.60. The minimum Gasteiger partial charge on any atom is -0.497 e. The van der Waals surface area contributed by atoms with Crippen LogP contribution in [-0.4, -0.2) is 62.9 Å². The average Bonchev–Trinajstić information content (AvgIpc) is 3.38. The largest absolute Gasteiger partial charge is 0.497 e. The normalized spacial score (nSPS) is 24.7. The lowest BCUT2D eigenvalue weighted by Crippen LogP contribution is -2.44. The van der Waals surface area contributed by atoms with Gasteiger partial charge in [0, 0.05) is 24.6 Å². The molecular formula is C29H33NO8. The smallest absolute Gasteiger partial charge is 0.312 e. The number of carbonyl (C=O) groups is 1. The Morgan fingerprint density at radius 2 is 1.63 bits per heavy atom. The van der Waals surface area contributed by atoms with Crippen molar-refractivity contribution >= 4 is 5.97 Å². The minimum atomic E-state index is -1.87. The number of aliphatic hydroxyl groups is 2. The first-order valence-corrected chi connectivity index (χ1v) is 12.2. The number of fused-ring (bicyclic) bond motifs is 3. The van der Waals surface area contributed by atoms with Crippen molar-refractivity contribution in [3.63, 3.8) is 0 Å². The molecule has 3 aromatic carbocycles. The molecule has 5 atom stereocenters. The summed E-state index contributed by atoms with van der Waals surface area (Å²) in [6.45, 7) is 0.637. The van der Waals surface area contributed by atoms with Gasteiger partial charge in [0.2, 0.25) is 0 Å². The van der Waals surface area contributed by atoms with Gasteiger partial charge in [-0.2, -0.15) is 0 Å². The Morgan fingerprint density at radius 1 is 0.974 bits per heavy atom. The van der Waals surface area contributed by atoms with Crippen LogP contribution >= 0.6 is 0 Å². The fourth-order valence-electron chi connectivity index (χ4n) is 5.19. The molecule has 1 aliphatic carbocycles. The molecule has 9 nitrogen and oxygen atoms in total. The summed E-state index contributed by atoms with van der Waals surface area (Å²) >= 11 is 0. The highest BCUT2D eigenvalue weighted by Gasteiger charge is 2.69. The SMILES string of the molecule is COC(=O)C1C(O)[C@@]2(O)c3c(OC)cc(OCCN)cc3OC2[C@@H]1c1ccccc1.COc1ccccc1. The van der Waals surface area contributed by atoms with E-state index in [0.717, 1.165) is 11.3 Å². The third-order valence-electron chi connectivity index (χ3n) is 6.88. The molecule has 9 heteroatoms. The fraction of sp³-hybridized carbons (Fsp3) is 0.345. The predicted molar refractivity (Wildman–Crippen MR) is 140 cm³/mol. The van der Waals surface area contributed by atoms with Crippen LogP contribution in [-0.2, 0) is 15.1 Å². The molecule has 0 saturated heterocycles. The van der Waals surface area contributed by atoms with Crippen LogP contribution in [0.4, 0.5) is 0 Å². The van der Waals surface area contributed by atoms with Gasteiger partial charge in [0.1, 0.15) is 41.8 Å². The van der Waals surface area contributed by atoms with E-state index < -0.39 is 35.6 Å². The Labute approximate surface area is 221 Å². The van der Waals surface area contributed by atoms with Gasteiger partial charge in [-0.05, 0) is 17.7 Å². The monoisotopic (exact) mass is 523 g/mol. The van der Waals surface area contributed by atoms with Crippen molar-refractivity contribution in [1.29, 1.82) is 0 Å². The topological polar surface area (TPSA) is 130 Å². The number of carbonyl (C=O) groups excluding carboxylic acids is 1. The van der Waals surface area contributed by atoms with E-state index in [9.17, 15) is 15.0 Å². The molecule has 3 unspecified atom stereocenters. The molecule has 202 valence electrons. The molecule has 0 spiro atoms. The molecule has 0 aromatic heterocycles. The predicted octanol–water partition coefficient (Wildman–Crippen LogP) is 2.62. The van der Waals surface area contributed by atoms with E-state index in [1.165, 1.54) is 14.2 Å². The number of nitrogens with two attached hydrogens (primary N) is 1. The van der Waals surface area contributed by atoms with Crippen LogP contribution in [0.2, 0.25) is 0 Å². The second-order valence-corrected chi connectivity index (χ2v) is 8.95. The molecule has 3 aromatic rings. The third-order valence-corrected chi connectivity index (χ3v) is 6.88. The molecule has 1 heterocycles. The van der Waals surface area contributed by atoms with Crippen molar-refractivity contribution < 1.29 is 38.7 Å². The van der Waals surface area contributed by atoms with Crippen molar-refractivity contribution in [3.05, 3.63) is 83.9 Å². The standard InChI is InChI=1S/C22H25NO7.C7H8O/c1-27-14-10-13(29-9-8-23)11-15-18(14)22(26)19(24)17(21(25)28-2)16(20(22)30-15)12-6-4-3-5-7-12;1-8-7-5-3-2-4-6-7/h3-7,10-11,16-17,19-20,24,26H,8-9,23H2,1-2H3;2-6H,1H3/t16-,17?,19?,20?,22+;/m1./s1. The molecular weight excluding hydrogens is 490 g/mol. The van der Waals surface area contributed by atoms with Crippen LogP contribution < -0.4 is 24.7 Å². The zero-order valence-electron chi connectivity index (χ0n) is 21.6. The van der Waals surface area contributed by atoms with Crippen LogP contribution in [0.3, 0.4) is 0 Å². The summed E-state index contributed by atoms with van der Waals surface area (Å²) in [6, 6.07) is 22.1. The van der Waals surface area contributed by atoms with Crippen molar-refractivity contribution in [1.82, 2.24) is 0 Å². The van der Waals surface area contributed by atoms with Gasteiger partial charge in [-0.15, -0.1) is 0 Å². The van der Waals surface area contributed by atoms with Crippen LogP contribution in [0.5, 0.6) is 23.0 Å². The molecule has 5 rings (SSSR count). The Hall–Kier alpha value is -3.79. The van der Waals surface area contributed by atoms with E-state index in [1.807, 2.05) is 60.7 Å². The van der Waals surface area contributed by atoms with E-state index in [-0.39, 0.29) is 5.56 Å². The summed E-state index contributed by atoms with van der Waals surface area (Å²) in [6.07, 6.45) is -2.39. The molecule has 2 aliphatic rings. The van der Waals surface area contributed by atoms with Crippen molar-refractivity contribution in [2.45, 2.75) is 23.7 Å². The van der Waals surface area contributed by atoms with E-state index >= 15 is 0 Å². The maximum Gasteiger partial charge on any atom is 0.312 e. The second-order valence-electron chi connectivity index (χ2n) is 8.95. The Morgan fingerprint density at radius 3 is 2.18 bits per heavy atom. The molecule has 1 fully saturated rings. The van der Waals surface area contributed by atoms with E-state index in [1.54, 1.807) is 19.2 Å². The van der Waals surface area contributed by atoms with Gasteiger partial charge in [-0.25, -0.2) is 0 Å². The van der Waals surface area contributed by atoms with Crippen LogP contribution in [0.25, 0.3) is 0 Å². The first-order chi connectivity index (χ1) is 18.4. The summed E-state index contributed by atoms with van der Waals surface area (Å²) in [5, 5.41) is 22.9. The number of hydrogen-bond acceptors (Lipinski definition) is 9. The van der Waals surface area contributed by atoms with Crippen LogP contribution in [0.1, 0.15) is 17.0 Å². The van der Waals surface area contributed by atoms with Crippen molar-refractivity contribution in [3.8, 4) is 23.0 Å². The van der Waals surface area contributed by atoms with Gasteiger partial charge >= 0.3 is 5.97 Å². The lowest BCUT2D eigenvalue weighted by Gasteiger charge is -2.27. The van der Waals surface area contributed by atoms with E-state index in [2.05, 4.69) is 0 Å². The molecule has 4 N–H and O–H groups in total. The number of para-hydroxylation sites is 1. The molecule has 1 saturated carbocycles. The summed E-state index contributed by atoms with van der Waals surface area (Å²) in [4.78, 5) is 12.6. The van der Waals surface area contributed by atoms with Gasteiger partial charge in [-0.1, -0.05) is 48.5 Å². The Balaban J connectivity index is 0.000000360. The number of hydrogen-bond donors (Lipinski definition) is 3. The van der Waals surface area contributed by atoms with Crippen molar-refractivity contribution in [2.75, 3.05) is 34.5 Å². The lowest BCUT2D eigenvalue weighted by molar-refractivity contribution is -0.154. The molecule has 0 radical (unpaired) electrons. The zero-order chi connectivity index (χ0) is 27.3. The summed E-state index contributed by atoms with van der Waals surface area (Å²) in [5.41, 5.74) is 4.68. The van der Waals surface area contributed by atoms with Crippen molar-refractivity contribution in [2.24, 2.45) is 11.7 Å². The molecule has 0 amide bonds. The van der Waals surface area contributed by atoms with Crippen LogP contribution in [0.15, 0.2) is 72.8 Å². The van der Waals surface area contributed by atoms with E-state index in [4.69, 9.17) is 29.4 Å². The van der Waals surface area contributed by atoms with Gasteiger partial charge < -0.3 is 39.6 Å². The maximum atomic E-state index is 12.6. The summed E-state index contributed by atoms with van der Waals surface area (Å²) in [5.74, 6) is -0.269. The van der Waals surface area contributed by atoms with Gasteiger partial charge in [0.05, 0.1) is 32.8 Å². The first kappa shape index (κ1) is 27.3. The number of esters is 1. The lowest BCUT2D eigenvalue weighted by atomic mass is 9.86. The Bertz CT molecular complexity index is 1220. The number of rotatable bonds is 7. The van der Waals surface area contributed by atoms with Gasteiger partial charge in [-0.3, -0.25) is 4.79 Å². The molecule has 38 heavy (non-hydrogen) atoms. The number of benzene rings is 3. The zero-order valence-corrected chi connectivity index (χ0v) is 21.6. The molecule has 1 aliphatic heterocycles. The average molecular weight is 524 g/mol. The summed E-state index contributed by atoms with van der Waals surface area (Å²) in [7, 11) is 4.37. The van der Waals surface area contributed by atoms with E-state index in [0.29, 0.717) is 30.4 Å². The maximum absolute atomic E-state index is 12.6. The highest BCUT2D eigenvalue weighted by molar-refractivity contribution is 5.77. The second kappa shape index (κ2) is 11.7.